The van der Waals surface area contributed by atoms with Crippen LogP contribution in [-0.4, -0.2) is 7.05 Å². The maximum Gasteiger partial charge on any atom is 0.151 e. The molecule has 1 unspecified atom stereocenters. The van der Waals surface area contributed by atoms with E-state index in [2.05, 4.69) is 176 Å². The Hall–Kier alpha value is -5.18. The molecule has 1 N–H and O–H groups in total. The van der Waals surface area contributed by atoms with Crippen LogP contribution in [0.3, 0.4) is 0 Å². The van der Waals surface area contributed by atoms with Crippen LogP contribution in [0.5, 0.6) is 0 Å². The second-order valence-corrected chi connectivity index (χ2v) is 10.4. The zero-order chi connectivity index (χ0) is 27.6. The lowest BCUT2D eigenvalue weighted by Crippen LogP contribution is -2.98. The van der Waals surface area contributed by atoms with Crippen LogP contribution in [0.25, 0.3) is 32.7 Å². The molecule has 0 radical (unpaired) electrons. The lowest BCUT2D eigenvalue weighted by atomic mass is 9.99. The van der Waals surface area contributed by atoms with Crippen LogP contribution in [0.4, 0.5) is 28.4 Å². The summed E-state index contributed by atoms with van der Waals surface area (Å²) >= 11 is 0. The van der Waals surface area contributed by atoms with Gasteiger partial charge in [0.2, 0.25) is 0 Å². The Balaban J connectivity index is 1.21. The van der Waals surface area contributed by atoms with Gasteiger partial charge in [0.05, 0.1) is 7.05 Å². The molecule has 2 nitrogen and oxygen atoms in total. The van der Waals surface area contributed by atoms with E-state index in [1.54, 1.807) is 0 Å². The largest absolute Gasteiger partial charge is 0.311 e. The third-order valence-electron chi connectivity index (χ3n) is 7.95. The molecule has 0 spiro atoms. The van der Waals surface area contributed by atoms with Gasteiger partial charge in [0.25, 0.3) is 0 Å². The highest BCUT2D eigenvalue weighted by Crippen LogP contribution is 2.36. The predicted molar refractivity (Wildman–Crippen MR) is 174 cm³/mol. The summed E-state index contributed by atoms with van der Waals surface area (Å²) < 4.78 is 0. The highest BCUT2D eigenvalue weighted by Gasteiger charge is 2.18. The number of quaternary nitrogens is 1. The molecule has 0 amide bonds. The van der Waals surface area contributed by atoms with Crippen LogP contribution in [0.2, 0.25) is 0 Å². The van der Waals surface area contributed by atoms with Gasteiger partial charge in [-0.05, 0) is 88.6 Å². The third kappa shape index (κ3) is 4.75. The molecule has 0 saturated carbocycles. The van der Waals surface area contributed by atoms with Crippen molar-refractivity contribution in [3.8, 4) is 11.1 Å². The Morgan fingerprint density at radius 2 is 0.829 bits per heavy atom. The van der Waals surface area contributed by atoms with Gasteiger partial charge >= 0.3 is 0 Å². The Bertz CT molecular complexity index is 1830. The van der Waals surface area contributed by atoms with Gasteiger partial charge in [-0.15, -0.1) is 0 Å². The summed E-state index contributed by atoms with van der Waals surface area (Å²) in [4.78, 5) is 3.58. The van der Waals surface area contributed by atoms with Gasteiger partial charge in [-0.25, -0.2) is 0 Å². The van der Waals surface area contributed by atoms with E-state index in [9.17, 15) is 0 Å². The molecular weight excluding hydrogens is 496 g/mol. The third-order valence-corrected chi connectivity index (χ3v) is 7.95. The number of para-hydroxylation sites is 2. The van der Waals surface area contributed by atoms with E-state index < -0.39 is 0 Å². The van der Waals surface area contributed by atoms with Crippen molar-refractivity contribution in [2.75, 3.05) is 11.9 Å². The monoisotopic (exact) mass is 527 g/mol. The van der Waals surface area contributed by atoms with E-state index in [4.69, 9.17) is 0 Å². The fourth-order valence-electron chi connectivity index (χ4n) is 5.88. The summed E-state index contributed by atoms with van der Waals surface area (Å²) in [6.07, 6.45) is 0. The van der Waals surface area contributed by atoms with Crippen LogP contribution in [-0.2, 0) is 0 Å². The lowest BCUT2D eigenvalue weighted by molar-refractivity contribution is -0.732. The first-order valence-electron chi connectivity index (χ1n) is 14.1. The molecule has 7 rings (SSSR count). The first-order valence-corrected chi connectivity index (χ1v) is 14.1. The van der Waals surface area contributed by atoms with Crippen molar-refractivity contribution in [2.24, 2.45) is 0 Å². The Morgan fingerprint density at radius 1 is 0.415 bits per heavy atom. The van der Waals surface area contributed by atoms with Gasteiger partial charge in [0.1, 0.15) is 5.69 Å². The van der Waals surface area contributed by atoms with Crippen molar-refractivity contribution in [3.63, 3.8) is 0 Å². The molecule has 0 bridgehead atoms. The number of anilines is 3. The fourth-order valence-corrected chi connectivity index (χ4v) is 5.88. The molecule has 0 aliphatic rings. The van der Waals surface area contributed by atoms with Crippen LogP contribution < -0.4 is 9.80 Å². The highest BCUT2D eigenvalue weighted by atomic mass is 15.1. The zero-order valence-electron chi connectivity index (χ0n) is 23.0. The maximum atomic E-state index is 2.30. The molecule has 0 heterocycles. The second-order valence-electron chi connectivity index (χ2n) is 10.4. The predicted octanol–water partition coefficient (Wildman–Crippen LogP) is 9.61. The quantitative estimate of drug-likeness (QED) is 0.212. The Morgan fingerprint density at radius 3 is 1.34 bits per heavy atom. The van der Waals surface area contributed by atoms with Crippen LogP contribution >= 0.6 is 0 Å². The van der Waals surface area contributed by atoms with Crippen molar-refractivity contribution < 1.29 is 4.90 Å². The summed E-state index contributed by atoms with van der Waals surface area (Å²) in [5.41, 5.74) is 8.39. The summed E-state index contributed by atoms with van der Waals surface area (Å²) in [5, 5.41) is 5.14. The fraction of sp³-hybridized carbons (Fsp3) is 0.0256. The molecule has 0 saturated heterocycles. The van der Waals surface area contributed by atoms with Gasteiger partial charge in [-0.3, -0.25) is 4.90 Å². The zero-order valence-corrected chi connectivity index (χ0v) is 23.0. The maximum absolute atomic E-state index is 2.30. The number of nitrogens with one attached hydrogen (secondary N) is 1. The first kappa shape index (κ1) is 24.8. The molecule has 0 aliphatic carbocycles. The molecule has 2 heteroatoms. The van der Waals surface area contributed by atoms with E-state index in [1.165, 1.54) is 48.9 Å². The standard InChI is InChI=1S/C39H30N2/c1-40(39-37-18-10-8-12-31(37)28-32-13-9-11-19-38(32)39)33-24-20-29(21-25-33)30-22-26-36(27-23-30)41(34-14-4-2-5-15-34)35-16-6-3-7-17-35/h2-28H,1H3/p+1. The Kier molecular flexibility index (Phi) is 6.52. The van der Waals surface area contributed by atoms with Gasteiger partial charge < -0.3 is 4.90 Å². The van der Waals surface area contributed by atoms with Gasteiger partial charge in [0, 0.05) is 40.0 Å². The van der Waals surface area contributed by atoms with Crippen LogP contribution in [0, 0.1) is 0 Å². The number of nitrogens with zero attached hydrogens (tertiary/aromatic N) is 1. The summed E-state index contributed by atoms with van der Waals surface area (Å²) in [6, 6.07) is 58.6. The van der Waals surface area contributed by atoms with Crippen molar-refractivity contribution in [3.05, 3.63) is 164 Å². The van der Waals surface area contributed by atoms with Crippen molar-refractivity contribution in [1.82, 2.24) is 0 Å². The molecule has 41 heavy (non-hydrogen) atoms. The molecule has 0 fully saturated rings. The molecule has 196 valence electrons. The summed E-state index contributed by atoms with van der Waals surface area (Å²) in [7, 11) is 2.25. The van der Waals surface area contributed by atoms with E-state index >= 15 is 0 Å². The normalized spacial score (nSPS) is 11.9. The van der Waals surface area contributed by atoms with Crippen LogP contribution in [0.15, 0.2) is 164 Å². The number of fused-ring (bicyclic) bond motifs is 2. The lowest BCUT2D eigenvalue weighted by Gasteiger charge is -2.25. The number of rotatable bonds is 6. The van der Waals surface area contributed by atoms with Crippen molar-refractivity contribution in [1.29, 1.82) is 0 Å². The second kappa shape index (κ2) is 10.8. The summed E-state index contributed by atoms with van der Waals surface area (Å²) in [6.45, 7) is 0. The molecule has 7 aromatic rings. The first-order chi connectivity index (χ1) is 20.3. The SMILES string of the molecule is C[NH+](c1ccc(-c2ccc(N(c3ccccc3)c3ccccc3)cc2)cc1)c1c2ccccc2cc2ccccc12. The average molecular weight is 528 g/mol. The molecular formula is C39H31N2+. The highest BCUT2D eigenvalue weighted by molar-refractivity contribution is 6.08. The van der Waals surface area contributed by atoms with Crippen LogP contribution in [0.1, 0.15) is 0 Å². The Labute approximate surface area is 241 Å². The number of benzene rings is 7. The van der Waals surface area contributed by atoms with E-state index in [1.807, 2.05) is 0 Å². The van der Waals surface area contributed by atoms with E-state index in [-0.39, 0.29) is 0 Å². The van der Waals surface area contributed by atoms with Crippen molar-refractivity contribution >= 4 is 50.0 Å². The smallest absolute Gasteiger partial charge is 0.151 e. The minimum Gasteiger partial charge on any atom is -0.311 e. The number of hydrogen-bond acceptors (Lipinski definition) is 1. The summed E-state index contributed by atoms with van der Waals surface area (Å²) in [5.74, 6) is 0. The molecule has 0 aromatic heterocycles. The average Bonchev–Trinajstić information content (AvgIpc) is 3.05. The minimum atomic E-state index is 1.13. The van der Waals surface area contributed by atoms with Gasteiger partial charge in [-0.1, -0.05) is 84.9 Å². The van der Waals surface area contributed by atoms with Gasteiger partial charge in [0.15, 0.2) is 5.69 Å². The molecule has 1 atom stereocenters. The van der Waals surface area contributed by atoms with E-state index in [0.717, 1.165) is 17.1 Å². The molecule has 0 aliphatic heterocycles. The van der Waals surface area contributed by atoms with Gasteiger partial charge in [-0.2, -0.15) is 0 Å². The minimum absolute atomic E-state index is 1.13. The van der Waals surface area contributed by atoms with Crippen molar-refractivity contribution in [2.45, 2.75) is 0 Å². The topological polar surface area (TPSA) is 7.68 Å². The van der Waals surface area contributed by atoms with E-state index in [0.29, 0.717) is 0 Å². The number of hydrogen-bond donors (Lipinski definition) is 1. The molecule has 7 aromatic carbocycles.